The van der Waals surface area contributed by atoms with Crippen LogP contribution in [0.3, 0.4) is 0 Å². The Labute approximate surface area is 247 Å². The topological polar surface area (TPSA) is 105 Å². The van der Waals surface area contributed by atoms with E-state index in [1.807, 2.05) is 13.8 Å². The van der Waals surface area contributed by atoms with Gasteiger partial charge in [-0.2, -0.15) is 0 Å². The van der Waals surface area contributed by atoms with Crippen molar-refractivity contribution in [1.29, 1.82) is 0 Å². The average molecular weight is 602 g/mol. The van der Waals surface area contributed by atoms with Gasteiger partial charge in [0, 0.05) is 24.2 Å². The molecule has 0 aliphatic carbocycles. The molecule has 3 rings (SSSR count). The fourth-order valence-electron chi connectivity index (χ4n) is 4.30. The van der Waals surface area contributed by atoms with Gasteiger partial charge in [0.2, 0.25) is 11.8 Å². The highest BCUT2D eigenvalue weighted by Gasteiger charge is 2.34. The maximum atomic E-state index is 14.1. The smallest absolute Gasteiger partial charge is 0.264 e. The molecule has 11 heteroatoms. The fraction of sp³-hybridized carbons (Fsp3) is 0.333. The quantitative estimate of drug-likeness (QED) is 0.282. The zero-order chi connectivity index (χ0) is 30.0. The largest absolute Gasteiger partial charge is 0.493 e. The van der Waals surface area contributed by atoms with Crippen LogP contribution in [0.2, 0.25) is 5.02 Å². The molecular weight excluding hydrogens is 566 g/mol. The van der Waals surface area contributed by atoms with Gasteiger partial charge in [-0.05, 0) is 54.8 Å². The molecule has 0 fully saturated rings. The van der Waals surface area contributed by atoms with E-state index in [2.05, 4.69) is 5.32 Å². The Morgan fingerprint density at radius 3 is 2.17 bits per heavy atom. The number of carbonyl (C=O) groups is 2. The van der Waals surface area contributed by atoms with Crippen molar-refractivity contribution in [3.8, 4) is 11.5 Å². The Morgan fingerprint density at radius 2 is 1.59 bits per heavy atom. The van der Waals surface area contributed by atoms with Crippen molar-refractivity contribution in [3.05, 3.63) is 83.4 Å². The Bertz CT molecular complexity index is 1420. The highest BCUT2D eigenvalue weighted by molar-refractivity contribution is 7.92. The van der Waals surface area contributed by atoms with Gasteiger partial charge in [-0.3, -0.25) is 13.9 Å². The van der Waals surface area contributed by atoms with E-state index in [1.165, 1.54) is 37.3 Å². The predicted molar refractivity (Wildman–Crippen MR) is 160 cm³/mol. The van der Waals surface area contributed by atoms with Gasteiger partial charge in [0.25, 0.3) is 10.0 Å². The molecule has 3 aromatic carbocycles. The van der Waals surface area contributed by atoms with Gasteiger partial charge in [-0.1, -0.05) is 55.8 Å². The van der Waals surface area contributed by atoms with Gasteiger partial charge < -0.3 is 19.7 Å². The van der Waals surface area contributed by atoms with Crippen molar-refractivity contribution in [2.24, 2.45) is 0 Å². The zero-order valence-corrected chi connectivity index (χ0v) is 25.2. The number of halogens is 1. The van der Waals surface area contributed by atoms with Crippen molar-refractivity contribution in [2.45, 2.75) is 44.2 Å². The molecule has 0 aliphatic rings. The Morgan fingerprint density at radius 1 is 0.927 bits per heavy atom. The van der Waals surface area contributed by atoms with Crippen LogP contribution in [0.1, 0.15) is 32.3 Å². The van der Waals surface area contributed by atoms with E-state index in [9.17, 15) is 18.0 Å². The summed E-state index contributed by atoms with van der Waals surface area (Å²) in [5, 5.41) is 3.40. The van der Waals surface area contributed by atoms with Crippen LogP contribution >= 0.6 is 11.6 Å². The standard InChI is InChI=1S/C30H36ClN3O6S/c1-5-18-32-30(36)26(6-2)33(20-22-12-14-23(31)15-13-22)29(35)21-34(41(37,38)25-10-8-7-9-11-25)24-16-17-27(39-3)28(19-24)40-4/h7-17,19,26H,5-6,18,20-21H2,1-4H3,(H,32,36)/t26-/m1/s1. The number of nitrogens with zero attached hydrogens (tertiary/aromatic N) is 2. The summed E-state index contributed by atoms with van der Waals surface area (Å²) in [5.74, 6) is -0.148. The second kappa shape index (κ2) is 14.7. The Hall–Kier alpha value is -3.76. The number of nitrogens with one attached hydrogen (secondary N) is 1. The molecule has 0 unspecified atom stereocenters. The first kappa shape index (κ1) is 31.8. The summed E-state index contributed by atoms with van der Waals surface area (Å²) in [5.41, 5.74) is 0.947. The first-order valence-corrected chi connectivity index (χ1v) is 15.1. The van der Waals surface area contributed by atoms with Crippen LogP contribution in [0.25, 0.3) is 0 Å². The van der Waals surface area contributed by atoms with Crippen LogP contribution in [-0.2, 0) is 26.2 Å². The molecule has 9 nitrogen and oxygen atoms in total. The number of carbonyl (C=O) groups excluding carboxylic acids is 2. The number of sulfonamides is 1. The minimum absolute atomic E-state index is 0.0135. The van der Waals surface area contributed by atoms with E-state index >= 15 is 0 Å². The summed E-state index contributed by atoms with van der Waals surface area (Å²) in [4.78, 5) is 28.7. The highest BCUT2D eigenvalue weighted by Crippen LogP contribution is 2.34. The summed E-state index contributed by atoms with van der Waals surface area (Å²) in [6.07, 6.45) is 1.06. The van der Waals surface area contributed by atoms with Crippen molar-refractivity contribution in [3.63, 3.8) is 0 Å². The third-order valence-corrected chi connectivity index (χ3v) is 8.51. The average Bonchev–Trinajstić information content (AvgIpc) is 2.99. The number of anilines is 1. The number of amides is 2. The van der Waals surface area contributed by atoms with Crippen LogP contribution in [0, 0.1) is 0 Å². The molecule has 220 valence electrons. The molecule has 1 N–H and O–H groups in total. The number of ether oxygens (including phenoxy) is 2. The second-order valence-corrected chi connectivity index (χ2v) is 11.5. The van der Waals surface area contributed by atoms with Crippen molar-refractivity contribution in [2.75, 3.05) is 31.6 Å². The zero-order valence-electron chi connectivity index (χ0n) is 23.7. The van der Waals surface area contributed by atoms with E-state index in [4.69, 9.17) is 21.1 Å². The number of benzene rings is 3. The Kier molecular flexibility index (Phi) is 11.4. The third kappa shape index (κ3) is 7.92. The van der Waals surface area contributed by atoms with Crippen LogP contribution in [-0.4, -0.2) is 58.5 Å². The molecule has 0 aromatic heterocycles. The van der Waals surface area contributed by atoms with E-state index in [0.717, 1.165) is 16.3 Å². The van der Waals surface area contributed by atoms with E-state index in [1.54, 1.807) is 54.6 Å². The van der Waals surface area contributed by atoms with E-state index < -0.39 is 28.5 Å². The lowest BCUT2D eigenvalue weighted by Gasteiger charge is -2.33. The van der Waals surface area contributed by atoms with Crippen LogP contribution in [0.4, 0.5) is 5.69 Å². The van der Waals surface area contributed by atoms with E-state index in [0.29, 0.717) is 29.5 Å². The molecule has 0 spiro atoms. The molecule has 0 radical (unpaired) electrons. The minimum Gasteiger partial charge on any atom is -0.493 e. The lowest BCUT2D eigenvalue weighted by atomic mass is 10.1. The maximum Gasteiger partial charge on any atom is 0.264 e. The highest BCUT2D eigenvalue weighted by atomic mass is 35.5. The lowest BCUT2D eigenvalue weighted by Crippen LogP contribution is -2.52. The SMILES string of the molecule is CCCNC(=O)[C@@H](CC)N(Cc1ccc(Cl)cc1)C(=O)CN(c1ccc(OC)c(OC)c1)S(=O)(=O)c1ccccc1. The predicted octanol–water partition coefficient (Wildman–Crippen LogP) is 4.89. The molecule has 41 heavy (non-hydrogen) atoms. The molecular formula is C30H36ClN3O6S. The first-order chi connectivity index (χ1) is 19.7. The second-order valence-electron chi connectivity index (χ2n) is 9.23. The van der Waals surface area contributed by atoms with Crippen LogP contribution in [0.5, 0.6) is 11.5 Å². The summed E-state index contributed by atoms with van der Waals surface area (Å²) < 4.78 is 39.6. The Balaban J connectivity index is 2.09. The van der Waals surface area contributed by atoms with Gasteiger partial charge in [-0.15, -0.1) is 0 Å². The number of rotatable bonds is 14. The van der Waals surface area contributed by atoms with Gasteiger partial charge in [-0.25, -0.2) is 8.42 Å². The lowest BCUT2D eigenvalue weighted by molar-refractivity contribution is -0.140. The summed E-state index contributed by atoms with van der Waals surface area (Å²) in [6.45, 7) is 3.73. The van der Waals surface area contributed by atoms with Crippen molar-refractivity contribution >= 4 is 39.1 Å². The van der Waals surface area contributed by atoms with Crippen LogP contribution in [0.15, 0.2) is 77.7 Å². The molecule has 2 amide bonds. The minimum atomic E-state index is -4.20. The third-order valence-electron chi connectivity index (χ3n) is 6.47. The van der Waals surface area contributed by atoms with Gasteiger partial charge in [0.1, 0.15) is 12.6 Å². The molecule has 0 heterocycles. The summed E-state index contributed by atoms with van der Waals surface area (Å²) in [6, 6.07) is 18.6. The van der Waals surface area contributed by atoms with Crippen molar-refractivity contribution in [1.82, 2.24) is 10.2 Å². The fourth-order valence-corrected chi connectivity index (χ4v) is 5.85. The van der Waals surface area contributed by atoms with Gasteiger partial charge in [0.05, 0.1) is 24.8 Å². The monoisotopic (exact) mass is 601 g/mol. The molecule has 0 saturated heterocycles. The molecule has 3 aromatic rings. The molecule has 0 saturated carbocycles. The van der Waals surface area contributed by atoms with Gasteiger partial charge >= 0.3 is 0 Å². The van der Waals surface area contributed by atoms with Crippen molar-refractivity contribution < 1.29 is 27.5 Å². The van der Waals surface area contributed by atoms with E-state index in [-0.39, 0.29) is 23.0 Å². The van der Waals surface area contributed by atoms with Crippen LogP contribution < -0.4 is 19.1 Å². The normalized spacial score (nSPS) is 11.8. The molecule has 1 atom stereocenters. The number of hydrogen-bond acceptors (Lipinski definition) is 6. The molecule has 0 bridgehead atoms. The molecule has 0 aliphatic heterocycles. The number of hydrogen-bond donors (Lipinski definition) is 1. The first-order valence-electron chi connectivity index (χ1n) is 13.3. The number of methoxy groups -OCH3 is 2. The maximum absolute atomic E-state index is 14.1. The van der Waals surface area contributed by atoms with Gasteiger partial charge in [0.15, 0.2) is 11.5 Å². The summed E-state index contributed by atoms with van der Waals surface area (Å²) in [7, 11) is -1.28. The summed E-state index contributed by atoms with van der Waals surface area (Å²) >= 11 is 6.06.